The number of Topliss-reactive ketones (excluding diaryl/α,β-unsaturated/α-hetero) is 1. The summed E-state index contributed by atoms with van der Waals surface area (Å²) in [5, 5.41) is 11.0. The van der Waals surface area contributed by atoms with Crippen LogP contribution in [0.2, 0.25) is 10.0 Å². The fourth-order valence-corrected chi connectivity index (χ4v) is 4.04. The number of carbonyl (C=O) groups excluding carboxylic acids is 1. The van der Waals surface area contributed by atoms with Gasteiger partial charge in [-0.15, -0.1) is 0 Å². The SMILES string of the molecule is CN(C)Cc1cn2c(=O)c(O)c(C(=O)CCc3ccc(Cl)c(Cl)c3)nc2s1. The van der Waals surface area contributed by atoms with Crippen molar-refractivity contribution < 1.29 is 9.90 Å². The van der Waals surface area contributed by atoms with Crippen molar-refractivity contribution in [2.75, 3.05) is 14.1 Å². The molecule has 0 unspecified atom stereocenters. The Hall–Kier alpha value is -1.93. The molecule has 2 heterocycles. The van der Waals surface area contributed by atoms with Gasteiger partial charge in [0.15, 0.2) is 16.4 Å². The third-order valence-electron chi connectivity index (χ3n) is 3.92. The molecule has 0 spiro atoms. The van der Waals surface area contributed by atoms with Crippen LogP contribution >= 0.6 is 34.5 Å². The number of carbonyl (C=O) groups is 1. The number of halogens is 2. The van der Waals surface area contributed by atoms with Gasteiger partial charge in [0.05, 0.1) is 10.0 Å². The predicted molar refractivity (Wildman–Crippen MR) is 108 cm³/mol. The normalized spacial score (nSPS) is 11.4. The van der Waals surface area contributed by atoms with E-state index in [-0.39, 0.29) is 12.1 Å². The Labute approximate surface area is 169 Å². The second kappa shape index (κ2) is 7.98. The quantitative estimate of drug-likeness (QED) is 0.610. The maximum Gasteiger partial charge on any atom is 0.301 e. The van der Waals surface area contributed by atoms with Crippen molar-refractivity contribution in [1.82, 2.24) is 14.3 Å². The fourth-order valence-electron chi connectivity index (χ4n) is 2.63. The Morgan fingerprint density at radius 2 is 2.04 bits per heavy atom. The second-order valence-corrected chi connectivity index (χ2v) is 8.28. The zero-order valence-electron chi connectivity index (χ0n) is 14.7. The first-order valence-electron chi connectivity index (χ1n) is 8.12. The van der Waals surface area contributed by atoms with Gasteiger partial charge in [-0.3, -0.25) is 14.0 Å². The van der Waals surface area contributed by atoms with Gasteiger partial charge in [-0.25, -0.2) is 4.98 Å². The monoisotopic (exact) mass is 425 g/mol. The molecule has 0 saturated heterocycles. The van der Waals surface area contributed by atoms with E-state index < -0.39 is 17.1 Å². The summed E-state index contributed by atoms with van der Waals surface area (Å²) < 4.78 is 1.27. The molecule has 0 amide bonds. The highest BCUT2D eigenvalue weighted by molar-refractivity contribution is 7.17. The average molecular weight is 426 g/mol. The molecule has 27 heavy (non-hydrogen) atoms. The first kappa shape index (κ1) is 19.8. The number of aromatic hydroxyl groups is 1. The minimum Gasteiger partial charge on any atom is -0.501 e. The van der Waals surface area contributed by atoms with E-state index in [4.69, 9.17) is 23.2 Å². The summed E-state index contributed by atoms with van der Waals surface area (Å²) in [4.78, 5) is 32.4. The Bertz CT molecular complexity index is 1080. The average Bonchev–Trinajstić information content (AvgIpc) is 3.00. The molecule has 0 atom stereocenters. The van der Waals surface area contributed by atoms with E-state index in [9.17, 15) is 14.7 Å². The summed E-state index contributed by atoms with van der Waals surface area (Å²) in [5.74, 6) is -1.03. The zero-order chi connectivity index (χ0) is 19.7. The number of nitrogens with zero attached hydrogens (tertiary/aromatic N) is 3. The standard InChI is InChI=1S/C18H17Cl2N3O3S/c1-22(2)8-11-9-23-17(26)16(25)15(21-18(23)27-11)14(24)6-4-10-3-5-12(19)13(20)7-10/h3,5,7,9,25H,4,6,8H2,1-2H3. The Morgan fingerprint density at radius 1 is 1.30 bits per heavy atom. The van der Waals surface area contributed by atoms with Crippen molar-refractivity contribution in [1.29, 1.82) is 0 Å². The Kier molecular flexibility index (Phi) is 5.86. The number of aryl methyl sites for hydroxylation is 1. The van der Waals surface area contributed by atoms with Crippen LogP contribution in [0, 0.1) is 0 Å². The summed E-state index contributed by atoms with van der Waals surface area (Å²) >= 11 is 13.2. The summed E-state index contributed by atoms with van der Waals surface area (Å²) in [7, 11) is 3.83. The van der Waals surface area contributed by atoms with Gasteiger partial charge >= 0.3 is 5.56 Å². The molecule has 0 aliphatic carbocycles. The van der Waals surface area contributed by atoms with E-state index in [0.29, 0.717) is 28.0 Å². The maximum absolute atomic E-state index is 12.5. The topological polar surface area (TPSA) is 74.9 Å². The van der Waals surface area contributed by atoms with Crippen LogP contribution in [0.15, 0.2) is 29.2 Å². The van der Waals surface area contributed by atoms with Crippen LogP contribution in [0.25, 0.3) is 4.96 Å². The highest BCUT2D eigenvalue weighted by Gasteiger charge is 2.20. The summed E-state index contributed by atoms with van der Waals surface area (Å²) in [6, 6.07) is 5.13. The van der Waals surface area contributed by atoms with Gasteiger partial charge < -0.3 is 10.0 Å². The number of hydrogen-bond donors (Lipinski definition) is 1. The van der Waals surface area contributed by atoms with E-state index in [2.05, 4.69) is 4.98 Å². The van der Waals surface area contributed by atoms with Crippen LogP contribution in [0.1, 0.15) is 27.3 Å². The smallest absolute Gasteiger partial charge is 0.301 e. The molecule has 0 aliphatic heterocycles. The molecule has 3 aromatic rings. The van der Waals surface area contributed by atoms with Gasteiger partial charge in [-0.1, -0.05) is 40.6 Å². The molecule has 142 valence electrons. The van der Waals surface area contributed by atoms with Gasteiger partial charge in [0.2, 0.25) is 5.75 Å². The molecule has 0 bridgehead atoms. The lowest BCUT2D eigenvalue weighted by atomic mass is 10.1. The highest BCUT2D eigenvalue weighted by atomic mass is 35.5. The molecule has 3 rings (SSSR count). The van der Waals surface area contributed by atoms with Gasteiger partial charge in [0.1, 0.15) is 0 Å². The van der Waals surface area contributed by atoms with E-state index in [1.807, 2.05) is 19.0 Å². The van der Waals surface area contributed by atoms with Crippen LogP contribution in [0.5, 0.6) is 5.75 Å². The van der Waals surface area contributed by atoms with E-state index in [1.54, 1.807) is 24.4 Å². The van der Waals surface area contributed by atoms with Gasteiger partial charge in [0.25, 0.3) is 0 Å². The van der Waals surface area contributed by atoms with Crippen molar-refractivity contribution in [2.24, 2.45) is 0 Å². The van der Waals surface area contributed by atoms with E-state index in [1.165, 1.54) is 15.7 Å². The molecule has 0 aliphatic rings. The molecule has 1 N–H and O–H groups in total. The lowest BCUT2D eigenvalue weighted by molar-refractivity contribution is 0.0975. The highest BCUT2D eigenvalue weighted by Crippen LogP contribution is 2.24. The maximum atomic E-state index is 12.5. The van der Waals surface area contributed by atoms with Crippen molar-refractivity contribution in [2.45, 2.75) is 19.4 Å². The van der Waals surface area contributed by atoms with Crippen LogP contribution < -0.4 is 5.56 Å². The zero-order valence-corrected chi connectivity index (χ0v) is 17.0. The minimum atomic E-state index is -0.640. The van der Waals surface area contributed by atoms with Crippen LogP contribution in [-0.2, 0) is 13.0 Å². The molecule has 1 aromatic carbocycles. The van der Waals surface area contributed by atoms with Gasteiger partial charge in [-0.05, 0) is 38.2 Å². The molecule has 9 heteroatoms. The Balaban J connectivity index is 1.86. The number of ketones is 1. The summed E-state index contributed by atoms with van der Waals surface area (Å²) in [5.41, 5.74) is -0.00288. The molecular formula is C18H17Cl2N3O3S. The first-order valence-corrected chi connectivity index (χ1v) is 9.69. The van der Waals surface area contributed by atoms with Crippen molar-refractivity contribution in [3.05, 3.63) is 60.9 Å². The molecule has 0 radical (unpaired) electrons. The first-order chi connectivity index (χ1) is 12.8. The van der Waals surface area contributed by atoms with E-state index >= 15 is 0 Å². The van der Waals surface area contributed by atoms with Gasteiger partial charge in [0, 0.05) is 24.0 Å². The van der Waals surface area contributed by atoms with E-state index in [0.717, 1.165) is 10.4 Å². The Morgan fingerprint density at radius 3 is 2.70 bits per heavy atom. The number of aromatic nitrogens is 2. The number of rotatable bonds is 6. The summed E-state index contributed by atoms with van der Waals surface area (Å²) in [6.45, 7) is 0.634. The second-order valence-electron chi connectivity index (χ2n) is 6.37. The number of thiazole rings is 1. The molecule has 6 nitrogen and oxygen atoms in total. The van der Waals surface area contributed by atoms with Gasteiger partial charge in [-0.2, -0.15) is 0 Å². The van der Waals surface area contributed by atoms with Crippen molar-refractivity contribution in [3.8, 4) is 5.75 Å². The molecule has 0 saturated carbocycles. The van der Waals surface area contributed by atoms with Crippen LogP contribution in [0.4, 0.5) is 0 Å². The van der Waals surface area contributed by atoms with Crippen molar-refractivity contribution in [3.63, 3.8) is 0 Å². The predicted octanol–water partition coefficient (Wildman–Crippen LogP) is 3.65. The lowest BCUT2D eigenvalue weighted by Crippen LogP contribution is -2.17. The summed E-state index contributed by atoms with van der Waals surface area (Å²) in [6.07, 6.45) is 2.12. The minimum absolute atomic E-state index is 0.0874. The molecule has 0 fully saturated rings. The largest absolute Gasteiger partial charge is 0.501 e. The number of benzene rings is 1. The number of hydrogen-bond acceptors (Lipinski definition) is 6. The molecule has 2 aromatic heterocycles. The van der Waals surface area contributed by atoms with Crippen LogP contribution in [0.3, 0.4) is 0 Å². The fraction of sp³-hybridized carbons (Fsp3) is 0.278. The third-order valence-corrected chi connectivity index (χ3v) is 5.62. The lowest BCUT2D eigenvalue weighted by Gasteiger charge is -2.05. The van der Waals surface area contributed by atoms with Crippen molar-refractivity contribution >= 4 is 45.3 Å². The number of fused-ring (bicyclic) bond motifs is 1. The van der Waals surface area contributed by atoms with Crippen LogP contribution in [-0.4, -0.2) is 39.3 Å². The molecular weight excluding hydrogens is 409 g/mol. The third kappa shape index (κ3) is 4.32.